The maximum absolute atomic E-state index is 12.3. The SMILES string of the molecule is CC(Cn1cccn1)Nc1nnc(C(F)(F)F)s1. The van der Waals surface area contributed by atoms with Crippen molar-refractivity contribution in [2.24, 2.45) is 0 Å². The molecular formula is C9H10F3N5S. The normalized spacial score (nSPS) is 13.6. The molecule has 1 unspecified atom stereocenters. The maximum atomic E-state index is 12.3. The summed E-state index contributed by atoms with van der Waals surface area (Å²) < 4.78 is 38.6. The lowest BCUT2D eigenvalue weighted by atomic mass is 10.3. The van der Waals surface area contributed by atoms with Gasteiger partial charge in [0, 0.05) is 18.4 Å². The van der Waals surface area contributed by atoms with Gasteiger partial charge in [0.05, 0.1) is 6.54 Å². The lowest BCUT2D eigenvalue weighted by Gasteiger charge is -2.12. The zero-order chi connectivity index (χ0) is 13.2. The fourth-order valence-electron chi connectivity index (χ4n) is 1.34. The van der Waals surface area contributed by atoms with E-state index in [4.69, 9.17) is 0 Å². The zero-order valence-corrected chi connectivity index (χ0v) is 10.2. The van der Waals surface area contributed by atoms with Gasteiger partial charge < -0.3 is 5.32 Å². The Morgan fingerprint density at radius 1 is 1.44 bits per heavy atom. The summed E-state index contributed by atoms with van der Waals surface area (Å²) in [5, 5.41) is 12.6. The molecule has 0 aromatic carbocycles. The van der Waals surface area contributed by atoms with Crippen LogP contribution in [0.2, 0.25) is 0 Å². The summed E-state index contributed by atoms with van der Waals surface area (Å²) in [6.45, 7) is 2.37. The molecular weight excluding hydrogens is 267 g/mol. The lowest BCUT2D eigenvalue weighted by Crippen LogP contribution is -2.22. The summed E-state index contributed by atoms with van der Waals surface area (Å²) in [4.78, 5) is 0. The molecule has 0 amide bonds. The molecule has 98 valence electrons. The first-order chi connectivity index (χ1) is 8.45. The van der Waals surface area contributed by atoms with Crippen LogP contribution in [0.1, 0.15) is 11.9 Å². The summed E-state index contributed by atoms with van der Waals surface area (Å²) in [5.74, 6) is 0. The second kappa shape index (κ2) is 4.92. The van der Waals surface area contributed by atoms with Crippen LogP contribution in [-0.2, 0) is 12.7 Å². The van der Waals surface area contributed by atoms with Gasteiger partial charge in [-0.1, -0.05) is 11.3 Å². The van der Waals surface area contributed by atoms with Crippen molar-refractivity contribution in [1.29, 1.82) is 0 Å². The summed E-state index contributed by atoms with van der Waals surface area (Å²) in [5.41, 5.74) is 0. The van der Waals surface area contributed by atoms with E-state index in [0.717, 1.165) is 0 Å². The summed E-state index contributed by atoms with van der Waals surface area (Å²) in [6.07, 6.45) is -1.03. The van der Waals surface area contributed by atoms with Crippen molar-refractivity contribution >= 4 is 16.5 Å². The smallest absolute Gasteiger partial charge is 0.356 e. The third-order valence-electron chi connectivity index (χ3n) is 2.06. The van der Waals surface area contributed by atoms with E-state index in [1.807, 2.05) is 6.92 Å². The van der Waals surface area contributed by atoms with Crippen molar-refractivity contribution in [1.82, 2.24) is 20.0 Å². The highest BCUT2D eigenvalue weighted by molar-refractivity contribution is 7.15. The average Bonchev–Trinajstić information content (AvgIpc) is 2.87. The molecule has 0 spiro atoms. The number of nitrogens with one attached hydrogen (secondary N) is 1. The van der Waals surface area contributed by atoms with E-state index in [9.17, 15) is 13.2 Å². The van der Waals surface area contributed by atoms with Crippen molar-refractivity contribution in [3.8, 4) is 0 Å². The second-order valence-corrected chi connectivity index (χ2v) is 4.66. The van der Waals surface area contributed by atoms with Crippen LogP contribution < -0.4 is 5.32 Å². The van der Waals surface area contributed by atoms with Crippen LogP contribution in [0.4, 0.5) is 18.3 Å². The van der Waals surface area contributed by atoms with Crippen molar-refractivity contribution in [3.63, 3.8) is 0 Å². The van der Waals surface area contributed by atoms with Crippen LogP contribution in [0, 0.1) is 0 Å². The fraction of sp³-hybridized carbons (Fsp3) is 0.444. The van der Waals surface area contributed by atoms with Crippen molar-refractivity contribution in [2.75, 3.05) is 5.32 Å². The molecule has 2 rings (SSSR count). The number of hydrogen-bond donors (Lipinski definition) is 1. The van der Waals surface area contributed by atoms with Gasteiger partial charge in [0.25, 0.3) is 0 Å². The minimum absolute atomic E-state index is 0.0982. The molecule has 0 fully saturated rings. The van der Waals surface area contributed by atoms with Gasteiger partial charge >= 0.3 is 6.18 Å². The highest BCUT2D eigenvalue weighted by atomic mass is 32.1. The number of rotatable bonds is 4. The number of hydrogen-bond acceptors (Lipinski definition) is 5. The molecule has 2 heterocycles. The van der Waals surface area contributed by atoms with Crippen LogP contribution in [0.25, 0.3) is 0 Å². The summed E-state index contributed by atoms with van der Waals surface area (Å²) in [6, 6.07) is 1.68. The van der Waals surface area contributed by atoms with E-state index in [1.54, 1.807) is 23.1 Å². The Kier molecular flexibility index (Phi) is 3.50. The highest BCUT2D eigenvalue weighted by Gasteiger charge is 2.35. The topological polar surface area (TPSA) is 55.6 Å². The van der Waals surface area contributed by atoms with Crippen LogP contribution >= 0.6 is 11.3 Å². The maximum Gasteiger partial charge on any atom is 0.445 e. The van der Waals surface area contributed by atoms with Crippen molar-refractivity contribution < 1.29 is 13.2 Å². The summed E-state index contributed by atoms with van der Waals surface area (Å²) >= 11 is 0.493. The molecule has 2 aromatic heterocycles. The highest BCUT2D eigenvalue weighted by Crippen LogP contribution is 2.33. The molecule has 18 heavy (non-hydrogen) atoms. The molecule has 0 bridgehead atoms. The second-order valence-electron chi connectivity index (χ2n) is 3.68. The molecule has 9 heteroatoms. The Labute approximate surface area is 105 Å². The molecule has 0 aliphatic carbocycles. The zero-order valence-electron chi connectivity index (χ0n) is 9.35. The Bertz CT molecular complexity index is 493. The third kappa shape index (κ3) is 3.19. The first-order valence-electron chi connectivity index (χ1n) is 5.10. The van der Waals surface area contributed by atoms with Crippen molar-refractivity contribution in [2.45, 2.75) is 25.7 Å². The minimum atomic E-state index is -4.44. The van der Waals surface area contributed by atoms with Gasteiger partial charge in [-0.05, 0) is 13.0 Å². The van der Waals surface area contributed by atoms with E-state index in [0.29, 0.717) is 17.9 Å². The monoisotopic (exact) mass is 277 g/mol. The predicted octanol–water partition coefficient (Wildman–Crippen LogP) is 2.25. The van der Waals surface area contributed by atoms with Gasteiger partial charge in [-0.25, -0.2) is 0 Å². The van der Waals surface area contributed by atoms with E-state index in [-0.39, 0.29) is 11.2 Å². The standard InChI is InChI=1S/C9H10F3N5S/c1-6(5-17-4-2-3-13-17)14-8-16-15-7(18-8)9(10,11)12/h2-4,6H,5H2,1H3,(H,14,16). The van der Waals surface area contributed by atoms with Gasteiger partial charge in [0.1, 0.15) is 0 Å². The lowest BCUT2D eigenvalue weighted by molar-refractivity contribution is -0.138. The predicted molar refractivity (Wildman–Crippen MR) is 60.2 cm³/mol. The van der Waals surface area contributed by atoms with Crippen LogP contribution in [0.3, 0.4) is 0 Å². The Morgan fingerprint density at radius 2 is 2.22 bits per heavy atom. The molecule has 5 nitrogen and oxygen atoms in total. The van der Waals surface area contributed by atoms with Crippen LogP contribution in [0.15, 0.2) is 18.5 Å². The van der Waals surface area contributed by atoms with E-state index in [2.05, 4.69) is 20.6 Å². The molecule has 1 atom stereocenters. The number of nitrogens with zero attached hydrogens (tertiary/aromatic N) is 4. The van der Waals surface area contributed by atoms with Gasteiger partial charge in [-0.15, -0.1) is 10.2 Å². The minimum Gasteiger partial charge on any atom is -0.356 e. The van der Waals surface area contributed by atoms with E-state index >= 15 is 0 Å². The Hall–Kier alpha value is -1.64. The van der Waals surface area contributed by atoms with Gasteiger partial charge in [-0.2, -0.15) is 18.3 Å². The number of alkyl halides is 3. The molecule has 1 N–H and O–H groups in total. The molecule has 0 aliphatic rings. The van der Waals surface area contributed by atoms with Crippen LogP contribution in [-0.4, -0.2) is 26.0 Å². The van der Waals surface area contributed by atoms with Crippen LogP contribution in [0.5, 0.6) is 0 Å². The molecule has 0 aliphatic heterocycles. The third-order valence-corrected chi connectivity index (χ3v) is 2.96. The average molecular weight is 277 g/mol. The van der Waals surface area contributed by atoms with E-state index < -0.39 is 11.2 Å². The Morgan fingerprint density at radius 3 is 2.78 bits per heavy atom. The largest absolute Gasteiger partial charge is 0.445 e. The number of halogens is 3. The molecule has 0 saturated carbocycles. The molecule has 2 aromatic rings. The molecule has 0 saturated heterocycles. The van der Waals surface area contributed by atoms with Crippen molar-refractivity contribution in [3.05, 3.63) is 23.5 Å². The van der Waals surface area contributed by atoms with Gasteiger partial charge in [-0.3, -0.25) is 4.68 Å². The first-order valence-corrected chi connectivity index (χ1v) is 5.91. The van der Waals surface area contributed by atoms with Gasteiger partial charge in [0.15, 0.2) is 0 Å². The number of aromatic nitrogens is 4. The summed E-state index contributed by atoms with van der Waals surface area (Å²) in [7, 11) is 0. The molecule has 0 radical (unpaired) electrons. The van der Waals surface area contributed by atoms with E-state index in [1.165, 1.54) is 0 Å². The first kappa shape index (κ1) is 12.8. The van der Waals surface area contributed by atoms with Gasteiger partial charge in [0.2, 0.25) is 10.1 Å². The number of anilines is 1. The quantitative estimate of drug-likeness (QED) is 0.931. The Balaban J connectivity index is 1.95. The fourth-order valence-corrected chi connectivity index (χ4v) is 2.06.